The molecule has 0 fully saturated rings. The van der Waals surface area contributed by atoms with Gasteiger partial charge >= 0.3 is 0 Å². The summed E-state index contributed by atoms with van der Waals surface area (Å²) in [6.45, 7) is 2.76. The first-order chi connectivity index (χ1) is 12.2. The van der Waals surface area contributed by atoms with Gasteiger partial charge in [-0.3, -0.25) is 9.36 Å². The van der Waals surface area contributed by atoms with Crippen LogP contribution in [0.1, 0.15) is 18.3 Å². The summed E-state index contributed by atoms with van der Waals surface area (Å²) in [4.78, 5) is 17.4. The SMILES string of the molecule is CCn1c(C=Cc2ccc3c(c2)OCO3)nc2ccc(I)cc2c1=O. The van der Waals surface area contributed by atoms with Gasteiger partial charge in [-0.25, -0.2) is 4.98 Å². The van der Waals surface area contributed by atoms with E-state index >= 15 is 0 Å². The third-order valence-electron chi connectivity index (χ3n) is 4.08. The van der Waals surface area contributed by atoms with Crippen molar-refractivity contribution in [3.63, 3.8) is 0 Å². The van der Waals surface area contributed by atoms with Gasteiger partial charge in [0.15, 0.2) is 11.5 Å². The predicted octanol–water partition coefficient (Wildman–Crippen LogP) is 3.92. The van der Waals surface area contributed by atoms with Crippen molar-refractivity contribution in [2.75, 3.05) is 6.79 Å². The maximum absolute atomic E-state index is 12.7. The van der Waals surface area contributed by atoms with Crippen LogP contribution >= 0.6 is 22.6 Å². The molecule has 0 radical (unpaired) electrons. The minimum Gasteiger partial charge on any atom is -0.454 e. The maximum Gasteiger partial charge on any atom is 0.261 e. The third-order valence-corrected chi connectivity index (χ3v) is 4.75. The van der Waals surface area contributed by atoms with E-state index in [0.717, 1.165) is 20.6 Å². The molecule has 25 heavy (non-hydrogen) atoms. The van der Waals surface area contributed by atoms with Gasteiger partial charge in [-0.1, -0.05) is 12.1 Å². The molecule has 1 aromatic heterocycles. The minimum absolute atomic E-state index is 0.0173. The topological polar surface area (TPSA) is 53.4 Å². The van der Waals surface area contributed by atoms with Gasteiger partial charge < -0.3 is 9.47 Å². The first-order valence-corrected chi connectivity index (χ1v) is 9.01. The quantitative estimate of drug-likeness (QED) is 0.573. The second-order valence-electron chi connectivity index (χ2n) is 5.63. The van der Waals surface area contributed by atoms with Gasteiger partial charge in [0, 0.05) is 10.1 Å². The summed E-state index contributed by atoms with van der Waals surface area (Å²) in [6.07, 6.45) is 3.79. The molecule has 2 heterocycles. The number of benzene rings is 2. The van der Waals surface area contributed by atoms with Crippen molar-refractivity contribution in [1.29, 1.82) is 0 Å². The van der Waals surface area contributed by atoms with Crippen LogP contribution in [0.25, 0.3) is 23.1 Å². The predicted molar refractivity (Wildman–Crippen MR) is 106 cm³/mol. The number of ether oxygens (including phenoxy) is 2. The van der Waals surface area contributed by atoms with Gasteiger partial charge in [0.2, 0.25) is 6.79 Å². The first kappa shape index (κ1) is 16.1. The molecule has 0 bridgehead atoms. The highest BCUT2D eigenvalue weighted by molar-refractivity contribution is 14.1. The molecule has 0 spiro atoms. The molecule has 0 aliphatic carbocycles. The van der Waals surface area contributed by atoms with E-state index in [1.807, 2.05) is 55.5 Å². The van der Waals surface area contributed by atoms with E-state index in [-0.39, 0.29) is 12.4 Å². The highest BCUT2D eigenvalue weighted by Gasteiger charge is 2.12. The Bertz CT molecular complexity index is 1060. The molecule has 1 aliphatic rings. The summed E-state index contributed by atoms with van der Waals surface area (Å²) in [5.41, 5.74) is 1.65. The third kappa shape index (κ3) is 3.02. The molecular weight excluding hydrogens is 431 g/mol. The van der Waals surface area contributed by atoms with Crippen LogP contribution in [0.4, 0.5) is 0 Å². The Kier molecular flexibility index (Phi) is 4.20. The number of hydrogen-bond donors (Lipinski definition) is 0. The summed E-state index contributed by atoms with van der Waals surface area (Å²) in [7, 11) is 0. The number of rotatable bonds is 3. The summed E-state index contributed by atoms with van der Waals surface area (Å²) in [5.74, 6) is 2.12. The lowest BCUT2D eigenvalue weighted by molar-refractivity contribution is 0.174. The summed E-state index contributed by atoms with van der Waals surface area (Å²) in [6, 6.07) is 11.5. The molecular formula is C19H15IN2O3. The molecule has 6 heteroatoms. The van der Waals surface area contributed by atoms with Crippen LogP contribution < -0.4 is 15.0 Å². The van der Waals surface area contributed by atoms with Gasteiger partial charge in [-0.2, -0.15) is 0 Å². The van der Waals surface area contributed by atoms with Gasteiger partial charge in [0.05, 0.1) is 10.9 Å². The molecule has 0 amide bonds. The Morgan fingerprint density at radius 1 is 1.16 bits per heavy atom. The van der Waals surface area contributed by atoms with E-state index in [0.29, 0.717) is 23.3 Å². The molecule has 0 N–H and O–H groups in total. The van der Waals surface area contributed by atoms with Gasteiger partial charge in [-0.05, 0) is 71.5 Å². The van der Waals surface area contributed by atoms with Gasteiger partial charge in [0.25, 0.3) is 5.56 Å². The Labute approximate surface area is 158 Å². The molecule has 3 aromatic rings. The molecule has 0 saturated carbocycles. The van der Waals surface area contributed by atoms with Gasteiger partial charge in [0.1, 0.15) is 5.82 Å². The van der Waals surface area contributed by atoms with E-state index in [1.165, 1.54) is 0 Å². The summed E-state index contributed by atoms with van der Waals surface area (Å²) in [5, 5.41) is 0.647. The van der Waals surface area contributed by atoms with Crippen LogP contribution in [-0.2, 0) is 6.54 Å². The molecule has 1 aliphatic heterocycles. The molecule has 0 saturated heterocycles. The van der Waals surface area contributed by atoms with Crippen LogP contribution in [0, 0.1) is 3.57 Å². The van der Waals surface area contributed by atoms with Crippen molar-refractivity contribution in [3.05, 3.63) is 61.7 Å². The number of aromatic nitrogens is 2. The monoisotopic (exact) mass is 446 g/mol. The number of nitrogens with zero attached hydrogens (tertiary/aromatic N) is 2. The van der Waals surface area contributed by atoms with E-state index in [1.54, 1.807) is 4.57 Å². The largest absolute Gasteiger partial charge is 0.454 e. The Balaban J connectivity index is 1.78. The molecule has 2 aromatic carbocycles. The second kappa shape index (κ2) is 6.51. The van der Waals surface area contributed by atoms with Crippen molar-refractivity contribution < 1.29 is 9.47 Å². The second-order valence-corrected chi connectivity index (χ2v) is 6.87. The maximum atomic E-state index is 12.7. The highest BCUT2D eigenvalue weighted by atomic mass is 127. The van der Waals surface area contributed by atoms with Crippen molar-refractivity contribution in [3.8, 4) is 11.5 Å². The number of fused-ring (bicyclic) bond motifs is 2. The fraction of sp³-hybridized carbons (Fsp3) is 0.158. The fourth-order valence-electron chi connectivity index (χ4n) is 2.83. The van der Waals surface area contributed by atoms with Crippen LogP contribution in [0.2, 0.25) is 0 Å². The van der Waals surface area contributed by atoms with Crippen LogP contribution in [-0.4, -0.2) is 16.3 Å². The Morgan fingerprint density at radius 3 is 2.84 bits per heavy atom. The van der Waals surface area contributed by atoms with E-state index in [4.69, 9.17) is 9.47 Å². The zero-order chi connectivity index (χ0) is 17.4. The average molecular weight is 446 g/mol. The lowest BCUT2D eigenvalue weighted by Crippen LogP contribution is -2.23. The van der Waals surface area contributed by atoms with E-state index in [9.17, 15) is 4.79 Å². The van der Waals surface area contributed by atoms with E-state index in [2.05, 4.69) is 27.6 Å². The average Bonchev–Trinajstić information content (AvgIpc) is 3.08. The Morgan fingerprint density at radius 2 is 2.00 bits per heavy atom. The number of hydrogen-bond acceptors (Lipinski definition) is 4. The van der Waals surface area contributed by atoms with Crippen molar-refractivity contribution in [2.24, 2.45) is 0 Å². The highest BCUT2D eigenvalue weighted by Crippen LogP contribution is 2.32. The van der Waals surface area contributed by atoms with E-state index < -0.39 is 0 Å². The molecule has 4 rings (SSSR count). The zero-order valence-electron chi connectivity index (χ0n) is 13.5. The first-order valence-electron chi connectivity index (χ1n) is 7.93. The van der Waals surface area contributed by atoms with Gasteiger partial charge in [-0.15, -0.1) is 0 Å². The molecule has 5 nitrogen and oxygen atoms in total. The van der Waals surface area contributed by atoms with Crippen LogP contribution in [0.5, 0.6) is 11.5 Å². The lowest BCUT2D eigenvalue weighted by atomic mass is 10.2. The Hall–Kier alpha value is -2.35. The number of halogens is 1. The standard InChI is InChI=1S/C19H15IN2O3/c1-2-22-18(21-15-6-5-13(20)10-14(15)19(22)23)8-4-12-3-7-16-17(9-12)25-11-24-16/h3-10H,2,11H2,1H3. The summed E-state index contributed by atoms with van der Waals surface area (Å²) >= 11 is 2.20. The fourth-order valence-corrected chi connectivity index (χ4v) is 3.32. The molecule has 0 atom stereocenters. The smallest absolute Gasteiger partial charge is 0.261 e. The van der Waals surface area contributed by atoms with Crippen LogP contribution in [0.3, 0.4) is 0 Å². The van der Waals surface area contributed by atoms with Crippen molar-refractivity contribution in [2.45, 2.75) is 13.5 Å². The van der Waals surface area contributed by atoms with Crippen molar-refractivity contribution in [1.82, 2.24) is 9.55 Å². The van der Waals surface area contributed by atoms with Crippen molar-refractivity contribution >= 4 is 45.6 Å². The van der Waals surface area contributed by atoms with Crippen LogP contribution in [0.15, 0.2) is 41.2 Å². The normalized spacial score (nSPS) is 13.0. The molecule has 0 unspecified atom stereocenters. The minimum atomic E-state index is -0.0173. The lowest BCUT2D eigenvalue weighted by Gasteiger charge is -2.09. The molecule has 126 valence electrons. The zero-order valence-corrected chi connectivity index (χ0v) is 15.7. The summed E-state index contributed by atoms with van der Waals surface area (Å²) < 4.78 is 13.4.